The summed E-state index contributed by atoms with van der Waals surface area (Å²) in [5.41, 5.74) is 3.28. The molecule has 1 aromatic carbocycles. The fraction of sp³-hybridized carbons (Fsp3) is 0.471. The van der Waals surface area contributed by atoms with Crippen molar-refractivity contribution in [3.8, 4) is 0 Å². The standard InChI is InChI=1S/C17H22O2/c1-10(2)15(18)14-9-12-8-13(17(4,5)6)7-11(3)16(12)19-14/h7-10H,1-6H3. The van der Waals surface area contributed by atoms with E-state index >= 15 is 0 Å². The Morgan fingerprint density at radius 3 is 2.32 bits per heavy atom. The van der Waals surface area contributed by atoms with Gasteiger partial charge in [-0.3, -0.25) is 4.79 Å². The second-order valence-corrected chi connectivity index (χ2v) is 6.59. The molecule has 1 aromatic heterocycles. The maximum Gasteiger partial charge on any atom is 0.200 e. The van der Waals surface area contributed by atoms with Crippen LogP contribution >= 0.6 is 0 Å². The smallest absolute Gasteiger partial charge is 0.200 e. The van der Waals surface area contributed by atoms with Crippen molar-refractivity contribution in [3.63, 3.8) is 0 Å². The molecule has 0 radical (unpaired) electrons. The minimum atomic E-state index is -0.0389. The molecule has 2 aromatic rings. The molecule has 19 heavy (non-hydrogen) atoms. The van der Waals surface area contributed by atoms with E-state index in [4.69, 9.17) is 4.42 Å². The van der Waals surface area contributed by atoms with Gasteiger partial charge in [-0.25, -0.2) is 0 Å². The molecule has 0 fully saturated rings. The average Bonchev–Trinajstić information content (AvgIpc) is 2.70. The van der Waals surface area contributed by atoms with Crippen LogP contribution in [0, 0.1) is 12.8 Å². The molecule has 0 saturated carbocycles. The summed E-state index contributed by atoms with van der Waals surface area (Å²) < 4.78 is 5.74. The lowest BCUT2D eigenvalue weighted by atomic mass is 9.85. The molecule has 1 heterocycles. The quantitative estimate of drug-likeness (QED) is 0.719. The van der Waals surface area contributed by atoms with Crippen LogP contribution < -0.4 is 0 Å². The van der Waals surface area contributed by atoms with Crippen LogP contribution in [0.4, 0.5) is 0 Å². The maximum atomic E-state index is 12.0. The zero-order valence-corrected chi connectivity index (χ0v) is 12.6. The van der Waals surface area contributed by atoms with Gasteiger partial charge in [0.1, 0.15) is 5.58 Å². The van der Waals surface area contributed by atoms with Crippen LogP contribution in [-0.2, 0) is 5.41 Å². The summed E-state index contributed by atoms with van der Waals surface area (Å²) in [7, 11) is 0. The number of carbonyl (C=O) groups is 1. The Bertz CT molecular complexity index is 624. The monoisotopic (exact) mass is 258 g/mol. The molecule has 0 unspecified atom stereocenters. The zero-order valence-electron chi connectivity index (χ0n) is 12.6. The Morgan fingerprint density at radius 2 is 1.79 bits per heavy atom. The van der Waals surface area contributed by atoms with E-state index in [0.29, 0.717) is 5.76 Å². The van der Waals surface area contributed by atoms with E-state index in [1.54, 1.807) is 0 Å². The normalized spacial score (nSPS) is 12.4. The van der Waals surface area contributed by atoms with Crippen LogP contribution in [0.3, 0.4) is 0 Å². The molecule has 0 aliphatic carbocycles. The van der Waals surface area contributed by atoms with Crippen LogP contribution in [-0.4, -0.2) is 5.78 Å². The summed E-state index contributed by atoms with van der Waals surface area (Å²) in [6.07, 6.45) is 0. The lowest BCUT2D eigenvalue weighted by Crippen LogP contribution is -2.10. The number of ketones is 1. The lowest BCUT2D eigenvalue weighted by Gasteiger charge is -2.19. The van der Waals surface area contributed by atoms with Gasteiger partial charge in [0.05, 0.1) is 0 Å². The summed E-state index contributed by atoms with van der Waals surface area (Å²) in [6.45, 7) is 12.4. The first-order valence-electron chi connectivity index (χ1n) is 6.79. The van der Waals surface area contributed by atoms with E-state index in [1.807, 2.05) is 26.8 Å². The Balaban J connectivity index is 2.60. The molecular weight excluding hydrogens is 236 g/mol. The van der Waals surface area contributed by atoms with E-state index < -0.39 is 0 Å². The lowest BCUT2D eigenvalue weighted by molar-refractivity contribution is 0.0913. The highest BCUT2D eigenvalue weighted by Gasteiger charge is 2.20. The number of benzene rings is 1. The first-order chi connectivity index (χ1) is 8.70. The van der Waals surface area contributed by atoms with Gasteiger partial charge in [0.2, 0.25) is 5.78 Å². The van der Waals surface area contributed by atoms with E-state index in [0.717, 1.165) is 16.5 Å². The van der Waals surface area contributed by atoms with Crippen molar-refractivity contribution in [1.29, 1.82) is 0 Å². The molecule has 0 amide bonds. The van der Waals surface area contributed by atoms with Crippen LogP contribution in [0.25, 0.3) is 11.0 Å². The van der Waals surface area contributed by atoms with Gasteiger partial charge in [0.25, 0.3) is 0 Å². The van der Waals surface area contributed by atoms with Crippen molar-refractivity contribution in [3.05, 3.63) is 35.1 Å². The van der Waals surface area contributed by atoms with Crippen molar-refractivity contribution < 1.29 is 9.21 Å². The van der Waals surface area contributed by atoms with Gasteiger partial charge >= 0.3 is 0 Å². The molecule has 0 bridgehead atoms. The van der Waals surface area contributed by atoms with Crippen molar-refractivity contribution in [2.45, 2.75) is 47.0 Å². The molecule has 0 atom stereocenters. The summed E-state index contributed by atoms with van der Waals surface area (Å²) >= 11 is 0. The number of aryl methyl sites for hydroxylation is 1. The molecule has 0 N–H and O–H groups in total. The van der Waals surface area contributed by atoms with Crippen molar-refractivity contribution in [2.24, 2.45) is 5.92 Å². The Labute approximate surface area is 114 Å². The molecule has 0 aliphatic heterocycles. The van der Waals surface area contributed by atoms with E-state index in [-0.39, 0.29) is 17.1 Å². The van der Waals surface area contributed by atoms with E-state index in [9.17, 15) is 4.79 Å². The molecule has 102 valence electrons. The largest absolute Gasteiger partial charge is 0.453 e. The number of Topliss-reactive ketones (excluding diaryl/α,β-unsaturated/α-hetero) is 1. The summed E-state index contributed by atoms with van der Waals surface area (Å²) in [5, 5.41) is 1.02. The number of hydrogen-bond donors (Lipinski definition) is 0. The highest BCUT2D eigenvalue weighted by atomic mass is 16.3. The highest BCUT2D eigenvalue weighted by Crippen LogP contribution is 2.31. The van der Waals surface area contributed by atoms with Gasteiger partial charge < -0.3 is 4.42 Å². The van der Waals surface area contributed by atoms with Gasteiger partial charge in [-0.1, -0.05) is 40.7 Å². The van der Waals surface area contributed by atoms with Crippen LogP contribution in [0.1, 0.15) is 56.3 Å². The minimum Gasteiger partial charge on any atom is -0.453 e. The molecule has 2 heteroatoms. The van der Waals surface area contributed by atoms with Crippen molar-refractivity contribution >= 4 is 16.8 Å². The predicted octanol–water partition coefficient (Wildman–Crippen LogP) is 4.88. The Kier molecular flexibility index (Phi) is 3.29. The van der Waals surface area contributed by atoms with Crippen LogP contribution in [0.2, 0.25) is 0 Å². The second kappa shape index (κ2) is 4.52. The third-order valence-corrected chi connectivity index (χ3v) is 3.44. The third-order valence-electron chi connectivity index (χ3n) is 3.44. The summed E-state index contributed by atoms with van der Waals surface area (Å²) in [5.74, 6) is 0.495. The highest BCUT2D eigenvalue weighted by molar-refractivity contribution is 5.99. The minimum absolute atomic E-state index is 0.0389. The molecule has 0 spiro atoms. The maximum absolute atomic E-state index is 12.0. The molecule has 2 nitrogen and oxygen atoms in total. The van der Waals surface area contributed by atoms with E-state index in [2.05, 4.69) is 32.9 Å². The third kappa shape index (κ3) is 2.58. The fourth-order valence-corrected chi connectivity index (χ4v) is 2.17. The predicted molar refractivity (Wildman–Crippen MR) is 78.8 cm³/mol. The topological polar surface area (TPSA) is 30.2 Å². The zero-order chi connectivity index (χ0) is 14.4. The van der Waals surface area contributed by atoms with Gasteiger partial charge in [-0.2, -0.15) is 0 Å². The molecule has 0 saturated heterocycles. The SMILES string of the molecule is Cc1cc(C(C)(C)C)cc2cc(C(=O)C(C)C)oc12. The fourth-order valence-electron chi connectivity index (χ4n) is 2.17. The Hall–Kier alpha value is -1.57. The number of fused-ring (bicyclic) bond motifs is 1. The second-order valence-electron chi connectivity index (χ2n) is 6.59. The average molecular weight is 258 g/mol. The van der Waals surface area contributed by atoms with Crippen molar-refractivity contribution in [1.82, 2.24) is 0 Å². The number of hydrogen-bond acceptors (Lipinski definition) is 2. The van der Waals surface area contributed by atoms with Crippen molar-refractivity contribution in [2.75, 3.05) is 0 Å². The van der Waals surface area contributed by atoms with Gasteiger partial charge in [-0.05, 0) is 35.6 Å². The number of rotatable bonds is 2. The molecular formula is C17H22O2. The van der Waals surface area contributed by atoms with Gasteiger partial charge in [-0.15, -0.1) is 0 Å². The number of furan rings is 1. The first kappa shape index (κ1) is 13.9. The van der Waals surface area contributed by atoms with Crippen LogP contribution in [0.5, 0.6) is 0 Å². The first-order valence-corrected chi connectivity index (χ1v) is 6.79. The summed E-state index contributed by atoms with van der Waals surface area (Å²) in [4.78, 5) is 12.0. The number of carbonyl (C=O) groups excluding carboxylic acids is 1. The van der Waals surface area contributed by atoms with E-state index in [1.165, 1.54) is 5.56 Å². The van der Waals surface area contributed by atoms with Crippen LogP contribution in [0.15, 0.2) is 22.6 Å². The Morgan fingerprint density at radius 1 is 1.16 bits per heavy atom. The summed E-state index contributed by atoms with van der Waals surface area (Å²) in [6, 6.07) is 6.15. The van der Waals surface area contributed by atoms with Gasteiger partial charge in [0, 0.05) is 11.3 Å². The molecule has 0 aliphatic rings. The molecule has 2 rings (SSSR count). The van der Waals surface area contributed by atoms with Gasteiger partial charge in [0.15, 0.2) is 5.76 Å².